The van der Waals surface area contributed by atoms with Crippen LogP contribution in [0.4, 0.5) is 0 Å². The molecule has 1 heterocycles. The fourth-order valence-electron chi connectivity index (χ4n) is 2.61. The topological polar surface area (TPSA) is 0 Å². The van der Waals surface area contributed by atoms with Gasteiger partial charge in [0.1, 0.15) is 0 Å². The van der Waals surface area contributed by atoms with Crippen molar-refractivity contribution in [3.63, 3.8) is 0 Å². The second kappa shape index (κ2) is 6.64. The number of hydrogen-bond acceptors (Lipinski definition) is 1. The quantitative estimate of drug-likeness (QED) is 0.467. The second-order valence-electron chi connectivity index (χ2n) is 5.39. The van der Waals surface area contributed by atoms with E-state index in [1.54, 1.807) is 11.3 Å². The molecule has 3 aromatic rings. The Labute approximate surface area is 135 Å². The van der Waals surface area contributed by atoms with Crippen LogP contribution in [0.1, 0.15) is 41.8 Å². The predicted octanol–water partition coefficient (Wildman–Crippen LogP) is 6.57. The number of rotatable bonds is 5. The second-order valence-corrected chi connectivity index (χ2v) is 6.74. The van der Waals surface area contributed by atoms with Gasteiger partial charge < -0.3 is 0 Å². The molecular weight excluding hydrogens is 296 g/mol. The minimum atomic E-state index is -0.0682. The van der Waals surface area contributed by atoms with Crippen LogP contribution in [-0.2, 0) is 6.42 Å². The minimum Gasteiger partial charge on any atom is -0.143 e. The molecule has 0 spiro atoms. The molecule has 21 heavy (non-hydrogen) atoms. The highest BCUT2D eigenvalue weighted by Crippen LogP contribution is 2.37. The molecule has 3 rings (SSSR count). The van der Waals surface area contributed by atoms with Crippen LogP contribution in [0.15, 0.2) is 53.9 Å². The maximum atomic E-state index is 6.72. The third kappa shape index (κ3) is 3.14. The lowest BCUT2D eigenvalue weighted by Gasteiger charge is -2.10. The molecule has 2 heteroatoms. The molecule has 2 aromatic carbocycles. The Morgan fingerprint density at radius 2 is 1.81 bits per heavy atom. The third-order valence-electron chi connectivity index (χ3n) is 3.88. The number of halogens is 1. The van der Waals surface area contributed by atoms with Gasteiger partial charge in [0.25, 0.3) is 0 Å². The van der Waals surface area contributed by atoms with Gasteiger partial charge in [-0.05, 0) is 46.4 Å². The highest BCUT2D eigenvalue weighted by molar-refractivity contribution is 7.17. The number of hydrogen-bond donors (Lipinski definition) is 0. The number of aryl methyl sites for hydroxylation is 1. The van der Waals surface area contributed by atoms with Gasteiger partial charge in [-0.2, -0.15) is 0 Å². The predicted molar refractivity (Wildman–Crippen MR) is 94.6 cm³/mol. The monoisotopic (exact) mass is 314 g/mol. The molecular formula is C19H19ClS. The highest BCUT2D eigenvalue weighted by atomic mass is 35.5. The summed E-state index contributed by atoms with van der Waals surface area (Å²) in [6.45, 7) is 2.23. The smallest absolute Gasteiger partial charge is 0.0849 e. The molecule has 0 aliphatic carbocycles. The first-order valence-corrected chi connectivity index (χ1v) is 8.80. The van der Waals surface area contributed by atoms with Gasteiger partial charge in [0.05, 0.1) is 5.38 Å². The molecule has 0 radical (unpaired) electrons. The Morgan fingerprint density at radius 3 is 2.57 bits per heavy atom. The average molecular weight is 315 g/mol. The summed E-state index contributed by atoms with van der Waals surface area (Å²) in [4.78, 5) is 0. The van der Waals surface area contributed by atoms with Crippen molar-refractivity contribution in [1.29, 1.82) is 0 Å². The molecule has 108 valence electrons. The van der Waals surface area contributed by atoms with Gasteiger partial charge in [-0.1, -0.05) is 55.8 Å². The van der Waals surface area contributed by atoms with E-state index in [2.05, 4.69) is 60.8 Å². The Hall–Kier alpha value is -1.31. The Morgan fingerprint density at radius 1 is 1.05 bits per heavy atom. The standard InChI is InChI=1S/C19H19ClS/c1-2-3-6-14-9-11-15(12-10-14)19(20)17-13-21-18-8-5-4-7-16(17)18/h4-5,7-13,19H,2-3,6H2,1H3. The van der Waals surface area contributed by atoms with Gasteiger partial charge in [0.2, 0.25) is 0 Å². The van der Waals surface area contributed by atoms with Gasteiger partial charge >= 0.3 is 0 Å². The minimum absolute atomic E-state index is 0.0682. The molecule has 0 bridgehead atoms. The van der Waals surface area contributed by atoms with Crippen molar-refractivity contribution < 1.29 is 0 Å². The first-order valence-electron chi connectivity index (χ1n) is 7.48. The van der Waals surface area contributed by atoms with E-state index in [-0.39, 0.29) is 5.38 Å². The van der Waals surface area contributed by atoms with Crippen LogP contribution in [0, 0.1) is 0 Å². The summed E-state index contributed by atoms with van der Waals surface area (Å²) in [7, 11) is 0. The number of thiophene rings is 1. The van der Waals surface area contributed by atoms with Crippen LogP contribution < -0.4 is 0 Å². The molecule has 0 fully saturated rings. The summed E-state index contributed by atoms with van der Waals surface area (Å²) in [6, 6.07) is 17.3. The molecule has 0 saturated carbocycles. The van der Waals surface area contributed by atoms with Crippen molar-refractivity contribution in [2.75, 3.05) is 0 Å². The first kappa shape index (κ1) is 14.6. The maximum absolute atomic E-state index is 6.72. The van der Waals surface area contributed by atoms with Gasteiger partial charge in [-0.3, -0.25) is 0 Å². The molecule has 0 N–H and O–H groups in total. The lowest BCUT2D eigenvalue weighted by Crippen LogP contribution is -1.93. The van der Waals surface area contributed by atoms with E-state index in [0.29, 0.717) is 0 Å². The highest BCUT2D eigenvalue weighted by Gasteiger charge is 2.15. The summed E-state index contributed by atoms with van der Waals surface area (Å²) in [5.74, 6) is 0. The molecule has 0 aliphatic rings. The van der Waals surface area contributed by atoms with E-state index >= 15 is 0 Å². The zero-order valence-corrected chi connectivity index (χ0v) is 13.8. The number of fused-ring (bicyclic) bond motifs is 1. The van der Waals surface area contributed by atoms with E-state index in [9.17, 15) is 0 Å². The van der Waals surface area contributed by atoms with Gasteiger partial charge in [0.15, 0.2) is 0 Å². The molecule has 1 unspecified atom stereocenters. The van der Waals surface area contributed by atoms with Crippen molar-refractivity contribution in [1.82, 2.24) is 0 Å². The fourth-order valence-corrected chi connectivity index (χ4v) is 4.00. The number of benzene rings is 2. The fraction of sp³-hybridized carbons (Fsp3) is 0.263. The van der Waals surface area contributed by atoms with Crippen LogP contribution >= 0.6 is 22.9 Å². The van der Waals surface area contributed by atoms with Crippen molar-refractivity contribution in [2.45, 2.75) is 31.6 Å². The van der Waals surface area contributed by atoms with Crippen LogP contribution in [0.5, 0.6) is 0 Å². The van der Waals surface area contributed by atoms with E-state index in [0.717, 1.165) is 6.42 Å². The molecule has 1 aromatic heterocycles. The summed E-state index contributed by atoms with van der Waals surface area (Å²) in [5, 5.41) is 3.40. The normalized spacial score (nSPS) is 12.7. The Bertz CT molecular complexity index is 712. The Kier molecular flexibility index (Phi) is 4.62. The van der Waals surface area contributed by atoms with Crippen molar-refractivity contribution in [3.8, 4) is 0 Å². The summed E-state index contributed by atoms with van der Waals surface area (Å²) >= 11 is 8.48. The number of alkyl halides is 1. The van der Waals surface area contributed by atoms with Crippen molar-refractivity contribution in [2.24, 2.45) is 0 Å². The van der Waals surface area contributed by atoms with E-state index in [1.165, 1.54) is 39.6 Å². The molecule has 0 saturated heterocycles. The first-order chi connectivity index (χ1) is 10.3. The summed E-state index contributed by atoms with van der Waals surface area (Å²) in [6.07, 6.45) is 3.64. The SMILES string of the molecule is CCCCc1ccc(C(Cl)c2csc3ccccc23)cc1. The van der Waals surface area contributed by atoms with E-state index < -0.39 is 0 Å². The van der Waals surface area contributed by atoms with Gasteiger partial charge in [-0.25, -0.2) is 0 Å². The zero-order chi connectivity index (χ0) is 14.7. The van der Waals surface area contributed by atoms with Crippen molar-refractivity contribution in [3.05, 3.63) is 70.6 Å². The zero-order valence-electron chi connectivity index (χ0n) is 12.2. The van der Waals surface area contributed by atoms with E-state index in [4.69, 9.17) is 11.6 Å². The molecule has 0 nitrogen and oxygen atoms in total. The van der Waals surface area contributed by atoms with Crippen molar-refractivity contribution >= 4 is 33.0 Å². The molecule has 0 aliphatic heterocycles. The third-order valence-corrected chi connectivity index (χ3v) is 5.34. The number of unbranched alkanes of at least 4 members (excludes halogenated alkanes) is 1. The average Bonchev–Trinajstić information content (AvgIpc) is 2.97. The molecule has 0 amide bonds. The van der Waals surface area contributed by atoms with Crippen LogP contribution in [0.2, 0.25) is 0 Å². The van der Waals surface area contributed by atoms with Crippen LogP contribution in [0.25, 0.3) is 10.1 Å². The lowest BCUT2D eigenvalue weighted by atomic mass is 10.0. The Balaban J connectivity index is 1.86. The largest absolute Gasteiger partial charge is 0.143 e. The lowest BCUT2D eigenvalue weighted by molar-refractivity contribution is 0.794. The van der Waals surface area contributed by atoms with Crippen LogP contribution in [0.3, 0.4) is 0 Å². The maximum Gasteiger partial charge on any atom is 0.0849 e. The summed E-state index contributed by atoms with van der Waals surface area (Å²) < 4.78 is 1.30. The van der Waals surface area contributed by atoms with Crippen LogP contribution in [-0.4, -0.2) is 0 Å². The van der Waals surface area contributed by atoms with Gasteiger partial charge in [-0.15, -0.1) is 22.9 Å². The van der Waals surface area contributed by atoms with E-state index in [1.807, 2.05) is 0 Å². The molecule has 1 atom stereocenters. The summed E-state index contributed by atoms with van der Waals surface area (Å²) in [5.41, 5.74) is 3.80. The van der Waals surface area contributed by atoms with Gasteiger partial charge in [0, 0.05) is 4.70 Å².